The highest BCUT2D eigenvalue weighted by Crippen LogP contribution is 2.20. The molecule has 2 aromatic carbocycles. The maximum absolute atomic E-state index is 14.4. The number of para-hydroxylation sites is 1. The zero-order valence-corrected chi connectivity index (χ0v) is 19.7. The smallest absolute Gasteiger partial charge is 0.273 e. The van der Waals surface area contributed by atoms with Crippen LogP contribution in [-0.2, 0) is 26.1 Å². The Kier molecular flexibility index (Phi) is 7.14. The minimum Gasteiger partial charge on any atom is -0.447 e. The lowest BCUT2D eigenvalue weighted by Gasteiger charge is -2.21. The van der Waals surface area contributed by atoms with E-state index in [-0.39, 0.29) is 17.4 Å². The summed E-state index contributed by atoms with van der Waals surface area (Å²) < 4.78 is 20.0. The number of nitrogens with zero attached hydrogens (tertiary/aromatic N) is 3. The minimum atomic E-state index is -0.326. The fraction of sp³-hybridized carbons (Fsp3) is 0.179. The molecular weight excluding hydrogens is 457 g/mol. The molecule has 36 heavy (non-hydrogen) atoms. The Morgan fingerprint density at radius 2 is 1.89 bits per heavy atom. The number of aromatic amines is 1. The van der Waals surface area contributed by atoms with Gasteiger partial charge in [-0.2, -0.15) is 0 Å². The summed E-state index contributed by atoms with van der Waals surface area (Å²) >= 11 is 0. The lowest BCUT2D eigenvalue weighted by Crippen LogP contribution is -2.26. The number of benzene rings is 2. The number of fused-ring (bicyclic) bond motifs is 1. The molecule has 0 aliphatic rings. The highest BCUT2D eigenvalue weighted by Gasteiger charge is 2.17. The molecule has 0 unspecified atom stereocenters. The Morgan fingerprint density at radius 3 is 2.75 bits per heavy atom. The van der Waals surface area contributed by atoms with Crippen molar-refractivity contribution >= 4 is 16.8 Å². The van der Waals surface area contributed by atoms with E-state index in [1.54, 1.807) is 24.5 Å². The Hall–Kier alpha value is -4.30. The molecule has 0 saturated carbocycles. The van der Waals surface area contributed by atoms with Crippen LogP contribution in [0, 0.1) is 5.82 Å². The summed E-state index contributed by atoms with van der Waals surface area (Å²) in [5, 5.41) is 3.99. The van der Waals surface area contributed by atoms with Crippen molar-refractivity contribution in [2.75, 3.05) is 6.54 Å². The molecule has 0 radical (unpaired) electrons. The summed E-state index contributed by atoms with van der Waals surface area (Å²) in [5.41, 5.74) is 3.96. The molecule has 8 heteroatoms. The maximum atomic E-state index is 14.4. The highest BCUT2D eigenvalue weighted by atomic mass is 19.1. The summed E-state index contributed by atoms with van der Waals surface area (Å²) in [6.07, 6.45) is 7.51. The first-order chi connectivity index (χ1) is 17.7. The average Bonchev–Trinajstić information content (AvgIpc) is 3.55. The first kappa shape index (κ1) is 23.4. The van der Waals surface area contributed by atoms with Crippen LogP contribution in [0.25, 0.3) is 10.9 Å². The van der Waals surface area contributed by atoms with Crippen molar-refractivity contribution in [3.63, 3.8) is 0 Å². The van der Waals surface area contributed by atoms with Gasteiger partial charge < -0.3 is 14.7 Å². The molecule has 3 aromatic heterocycles. The average molecular weight is 484 g/mol. The molecule has 0 aliphatic carbocycles. The third kappa shape index (κ3) is 5.67. The van der Waals surface area contributed by atoms with Crippen LogP contribution in [0.4, 0.5) is 4.39 Å². The molecule has 5 rings (SSSR count). The first-order valence-electron chi connectivity index (χ1n) is 11.8. The van der Waals surface area contributed by atoms with E-state index in [2.05, 4.69) is 31.2 Å². The van der Waals surface area contributed by atoms with Gasteiger partial charge >= 0.3 is 0 Å². The predicted octanol–water partition coefficient (Wildman–Crippen LogP) is 4.86. The summed E-state index contributed by atoms with van der Waals surface area (Å²) in [6, 6.07) is 18.6. The van der Waals surface area contributed by atoms with Gasteiger partial charge in [0.1, 0.15) is 12.1 Å². The van der Waals surface area contributed by atoms with E-state index in [0.29, 0.717) is 37.6 Å². The molecule has 5 aromatic rings. The predicted molar refractivity (Wildman–Crippen MR) is 134 cm³/mol. The van der Waals surface area contributed by atoms with Crippen molar-refractivity contribution < 1.29 is 13.6 Å². The van der Waals surface area contributed by atoms with Gasteiger partial charge in [-0.05, 0) is 35.7 Å². The summed E-state index contributed by atoms with van der Waals surface area (Å²) in [7, 11) is 0. The van der Waals surface area contributed by atoms with Gasteiger partial charge in [-0.1, -0.05) is 42.5 Å². The zero-order valence-electron chi connectivity index (χ0n) is 19.7. The molecule has 0 fully saturated rings. The molecule has 0 spiro atoms. The summed E-state index contributed by atoms with van der Waals surface area (Å²) in [5.74, 6) is -0.178. The molecule has 0 bridgehead atoms. The molecule has 1 amide bonds. The Morgan fingerprint density at radius 1 is 1.03 bits per heavy atom. The highest BCUT2D eigenvalue weighted by molar-refractivity contribution is 5.91. The van der Waals surface area contributed by atoms with E-state index >= 15 is 0 Å². The van der Waals surface area contributed by atoms with Crippen LogP contribution in [-0.4, -0.2) is 32.3 Å². The van der Waals surface area contributed by atoms with Gasteiger partial charge in [0.2, 0.25) is 5.89 Å². The monoisotopic (exact) mass is 483 g/mol. The number of rotatable bonds is 10. The second kappa shape index (κ2) is 11.0. The van der Waals surface area contributed by atoms with Crippen LogP contribution >= 0.6 is 0 Å². The molecule has 2 N–H and O–H groups in total. The lowest BCUT2D eigenvalue weighted by atomic mass is 10.1. The number of hydrogen-bond donors (Lipinski definition) is 2. The number of aromatic nitrogens is 3. The topological polar surface area (TPSA) is 87.0 Å². The SMILES string of the molecule is O=C(NCc1cccnc1)c1coc(CN(CCc2c[nH]c3ccccc23)Cc2ccccc2F)n1. The van der Waals surface area contributed by atoms with Crippen molar-refractivity contribution in [2.24, 2.45) is 0 Å². The van der Waals surface area contributed by atoms with Gasteiger partial charge in [0.05, 0.1) is 6.54 Å². The lowest BCUT2D eigenvalue weighted by molar-refractivity contribution is 0.0945. The van der Waals surface area contributed by atoms with E-state index in [9.17, 15) is 9.18 Å². The van der Waals surface area contributed by atoms with Crippen LogP contribution in [0.5, 0.6) is 0 Å². The van der Waals surface area contributed by atoms with Crippen LogP contribution in [0.2, 0.25) is 0 Å². The van der Waals surface area contributed by atoms with Crippen LogP contribution in [0.15, 0.2) is 89.9 Å². The zero-order chi connectivity index (χ0) is 24.7. The number of oxazole rings is 1. The molecule has 0 saturated heterocycles. The van der Waals surface area contributed by atoms with Crippen LogP contribution in [0.3, 0.4) is 0 Å². The number of carbonyl (C=O) groups excluding carboxylic acids is 1. The Balaban J connectivity index is 1.27. The number of nitrogens with one attached hydrogen (secondary N) is 2. The number of halogens is 1. The number of H-pyrrole nitrogens is 1. The van der Waals surface area contributed by atoms with Gasteiger partial charge in [0, 0.05) is 54.7 Å². The van der Waals surface area contributed by atoms with E-state index < -0.39 is 0 Å². The molecular formula is C28H26FN5O2. The van der Waals surface area contributed by atoms with Crippen molar-refractivity contribution in [3.05, 3.63) is 120 Å². The molecule has 3 heterocycles. The normalized spacial score (nSPS) is 11.3. The van der Waals surface area contributed by atoms with E-state index in [4.69, 9.17) is 4.42 Å². The third-order valence-electron chi connectivity index (χ3n) is 6.04. The van der Waals surface area contributed by atoms with Gasteiger partial charge in [0.15, 0.2) is 5.69 Å². The largest absolute Gasteiger partial charge is 0.447 e. The summed E-state index contributed by atoms with van der Waals surface area (Å²) in [4.78, 5) is 26.3. The second-order valence-electron chi connectivity index (χ2n) is 8.58. The second-order valence-corrected chi connectivity index (χ2v) is 8.58. The first-order valence-corrected chi connectivity index (χ1v) is 11.8. The fourth-order valence-corrected chi connectivity index (χ4v) is 4.15. The number of amides is 1. The van der Waals surface area contributed by atoms with Crippen molar-refractivity contribution in [1.29, 1.82) is 0 Å². The van der Waals surface area contributed by atoms with Gasteiger partial charge in [0.25, 0.3) is 5.91 Å². The summed E-state index contributed by atoms with van der Waals surface area (Å²) in [6.45, 7) is 1.73. The number of pyridine rings is 1. The molecule has 0 atom stereocenters. The van der Waals surface area contributed by atoms with Crippen LogP contribution in [0.1, 0.15) is 33.1 Å². The van der Waals surface area contributed by atoms with Crippen molar-refractivity contribution in [2.45, 2.75) is 26.1 Å². The van der Waals surface area contributed by atoms with E-state index in [1.165, 1.54) is 23.3 Å². The van der Waals surface area contributed by atoms with E-state index in [0.717, 1.165) is 17.5 Å². The van der Waals surface area contributed by atoms with E-state index in [1.807, 2.05) is 42.6 Å². The van der Waals surface area contributed by atoms with Gasteiger partial charge in [-0.3, -0.25) is 14.7 Å². The van der Waals surface area contributed by atoms with Gasteiger partial charge in [-0.15, -0.1) is 0 Å². The van der Waals surface area contributed by atoms with Crippen molar-refractivity contribution in [1.82, 2.24) is 25.2 Å². The van der Waals surface area contributed by atoms with Crippen molar-refractivity contribution in [3.8, 4) is 0 Å². The molecule has 0 aliphatic heterocycles. The minimum absolute atomic E-state index is 0.205. The number of carbonyl (C=O) groups is 1. The third-order valence-corrected chi connectivity index (χ3v) is 6.04. The fourth-order valence-electron chi connectivity index (χ4n) is 4.15. The number of hydrogen-bond acceptors (Lipinski definition) is 5. The Bertz CT molecular complexity index is 1450. The molecule has 7 nitrogen and oxygen atoms in total. The standard InChI is InChI=1S/C28H26FN5O2/c29-24-9-3-1-7-22(24)17-34(13-11-21-16-31-25-10-4-2-8-23(21)25)18-27-33-26(19-36-27)28(35)32-15-20-6-5-12-30-14-20/h1-10,12,14,16,19,31H,11,13,15,17-18H2,(H,32,35). The van der Waals surface area contributed by atoms with Gasteiger partial charge in [-0.25, -0.2) is 9.37 Å². The van der Waals surface area contributed by atoms with Crippen LogP contribution < -0.4 is 5.32 Å². The molecule has 182 valence electrons. The quantitative estimate of drug-likeness (QED) is 0.296. The maximum Gasteiger partial charge on any atom is 0.273 e. The Labute approximate surface area is 208 Å².